The molecule has 28 heavy (non-hydrogen) atoms. The van der Waals surface area contributed by atoms with Gasteiger partial charge in [0.05, 0.1) is 24.2 Å². The maximum Gasteiger partial charge on any atom is 0.264 e. The first-order chi connectivity index (χ1) is 13.3. The average molecular weight is 399 g/mol. The van der Waals surface area contributed by atoms with Gasteiger partial charge in [0, 0.05) is 0 Å². The Labute approximate surface area is 165 Å². The summed E-state index contributed by atoms with van der Waals surface area (Å²) >= 11 is 0. The largest absolute Gasteiger partial charge is 0.497 e. The number of hydrogen-bond acceptors (Lipinski definition) is 3. The number of sulfonamides is 1. The fourth-order valence-electron chi connectivity index (χ4n) is 2.82. The maximum atomic E-state index is 14.1. The number of methoxy groups -OCH3 is 1. The van der Waals surface area contributed by atoms with E-state index < -0.39 is 15.8 Å². The van der Waals surface area contributed by atoms with Crippen molar-refractivity contribution in [3.8, 4) is 5.75 Å². The molecule has 0 aliphatic heterocycles. The van der Waals surface area contributed by atoms with Gasteiger partial charge in [-0.1, -0.05) is 35.9 Å². The Hall–Kier alpha value is -2.86. The van der Waals surface area contributed by atoms with E-state index in [9.17, 15) is 12.8 Å². The predicted molar refractivity (Wildman–Crippen MR) is 109 cm³/mol. The number of anilines is 1. The molecule has 0 bridgehead atoms. The molecule has 0 aromatic heterocycles. The number of ether oxygens (including phenoxy) is 1. The number of hydrogen-bond donors (Lipinski definition) is 0. The molecule has 0 aliphatic carbocycles. The van der Waals surface area contributed by atoms with E-state index in [-0.39, 0.29) is 11.4 Å². The molecule has 0 amide bonds. The summed E-state index contributed by atoms with van der Waals surface area (Å²) in [5.41, 5.74) is 2.68. The maximum absolute atomic E-state index is 14.1. The van der Waals surface area contributed by atoms with Gasteiger partial charge in [-0.15, -0.1) is 0 Å². The van der Waals surface area contributed by atoms with Crippen molar-refractivity contribution in [2.45, 2.75) is 25.3 Å². The van der Waals surface area contributed by atoms with Crippen molar-refractivity contribution in [2.75, 3.05) is 11.4 Å². The van der Waals surface area contributed by atoms with E-state index in [0.717, 1.165) is 17.2 Å². The summed E-state index contributed by atoms with van der Waals surface area (Å²) in [6.07, 6.45) is 0. The summed E-state index contributed by atoms with van der Waals surface area (Å²) in [5.74, 6) is 0.0893. The fourth-order valence-corrected chi connectivity index (χ4v) is 4.29. The molecular formula is C22H22FNO3S. The number of aryl methyl sites for hydroxylation is 2. The van der Waals surface area contributed by atoms with Gasteiger partial charge in [0.1, 0.15) is 11.6 Å². The minimum Gasteiger partial charge on any atom is -0.497 e. The van der Waals surface area contributed by atoms with Crippen molar-refractivity contribution in [1.82, 2.24) is 0 Å². The molecule has 3 rings (SSSR count). The van der Waals surface area contributed by atoms with Crippen molar-refractivity contribution in [3.05, 3.63) is 89.2 Å². The average Bonchev–Trinajstić information content (AvgIpc) is 2.69. The van der Waals surface area contributed by atoms with E-state index in [2.05, 4.69) is 0 Å². The lowest BCUT2D eigenvalue weighted by Crippen LogP contribution is -2.30. The monoisotopic (exact) mass is 399 g/mol. The lowest BCUT2D eigenvalue weighted by atomic mass is 10.2. The number of nitrogens with zero attached hydrogens (tertiary/aromatic N) is 1. The summed E-state index contributed by atoms with van der Waals surface area (Å²) in [4.78, 5) is -0.0842. The Morgan fingerprint density at radius 1 is 0.964 bits per heavy atom. The van der Waals surface area contributed by atoms with Crippen LogP contribution in [-0.4, -0.2) is 15.5 Å². The van der Waals surface area contributed by atoms with Crippen molar-refractivity contribution in [3.63, 3.8) is 0 Å². The third-order valence-electron chi connectivity index (χ3n) is 4.51. The molecule has 0 aliphatic rings. The van der Waals surface area contributed by atoms with Crippen molar-refractivity contribution in [2.24, 2.45) is 0 Å². The van der Waals surface area contributed by atoms with Crippen LogP contribution in [0.4, 0.5) is 10.1 Å². The zero-order chi connectivity index (χ0) is 20.3. The van der Waals surface area contributed by atoms with E-state index in [1.165, 1.54) is 16.4 Å². The van der Waals surface area contributed by atoms with Gasteiger partial charge in [0.25, 0.3) is 10.0 Å². The molecule has 4 nitrogen and oxygen atoms in total. The van der Waals surface area contributed by atoms with Crippen LogP contribution in [0.2, 0.25) is 0 Å². The zero-order valence-corrected chi connectivity index (χ0v) is 16.8. The second-order valence-electron chi connectivity index (χ2n) is 6.61. The quantitative estimate of drug-likeness (QED) is 0.595. The second-order valence-corrected chi connectivity index (χ2v) is 8.47. The summed E-state index contributed by atoms with van der Waals surface area (Å²) in [6, 6.07) is 18.4. The third-order valence-corrected chi connectivity index (χ3v) is 6.28. The highest BCUT2D eigenvalue weighted by molar-refractivity contribution is 7.92. The molecule has 0 heterocycles. The molecule has 0 saturated carbocycles. The first-order valence-corrected chi connectivity index (χ1v) is 10.2. The van der Waals surface area contributed by atoms with Crippen LogP contribution >= 0.6 is 0 Å². The van der Waals surface area contributed by atoms with Gasteiger partial charge in [-0.3, -0.25) is 4.31 Å². The molecule has 3 aromatic rings. The van der Waals surface area contributed by atoms with E-state index in [4.69, 9.17) is 4.74 Å². The standard InChI is InChI=1S/C22H22FNO3S/c1-16-7-10-19(11-8-16)24(15-18-5-4-6-20(13-18)27-3)28(25,26)21-12-9-17(2)22(23)14-21/h4-14H,15H2,1-3H3. The molecule has 0 atom stereocenters. The Morgan fingerprint density at radius 2 is 1.68 bits per heavy atom. The molecule has 0 saturated heterocycles. The Morgan fingerprint density at radius 3 is 2.32 bits per heavy atom. The molecular weight excluding hydrogens is 377 g/mol. The van der Waals surface area contributed by atoms with Gasteiger partial charge in [0.2, 0.25) is 0 Å². The second kappa shape index (κ2) is 8.02. The normalized spacial score (nSPS) is 11.3. The Bertz CT molecular complexity index is 1080. The van der Waals surface area contributed by atoms with Crippen LogP contribution in [0.1, 0.15) is 16.7 Å². The topological polar surface area (TPSA) is 46.6 Å². The molecule has 0 fully saturated rings. The highest BCUT2D eigenvalue weighted by Crippen LogP contribution is 2.28. The van der Waals surface area contributed by atoms with Crippen LogP contribution in [0.15, 0.2) is 71.6 Å². The molecule has 0 spiro atoms. The SMILES string of the molecule is COc1cccc(CN(c2ccc(C)cc2)S(=O)(=O)c2ccc(C)c(F)c2)c1. The van der Waals surface area contributed by atoms with Gasteiger partial charge >= 0.3 is 0 Å². The number of halogens is 1. The van der Waals surface area contributed by atoms with Crippen LogP contribution in [-0.2, 0) is 16.6 Å². The summed E-state index contributed by atoms with van der Waals surface area (Å²) in [5, 5.41) is 0. The van der Waals surface area contributed by atoms with Crippen molar-refractivity contribution >= 4 is 15.7 Å². The number of benzene rings is 3. The summed E-state index contributed by atoms with van der Waals surface area (Å²) in [6.45, 7) is 3.62. The van der Waals surface area contributed by atoms with E-state index in [0.29, 0.717) is 17.0 Å². The molecule has 3 aromatic carbocycles. The van der Waals surface area contributed by atoms with Crippen LogP contribution in [0, 0.1) is 19.7 Å². The summed E-state index contributed by atoms with van der Waals surface area (Å²) in [7, 11) is -2.41. The Kier molecular flexibility index (Phi) is 5.70. The minimum atomic E-state index is -3.97. The lowest BCUT2D eigenvalue weighted by Gasteiger charge is -2.25. The molecule has 0 unspecified atom stereocenters. The predicted octanol–water partition coefficient (Wildman–Crippen LogP) is 4.85. The molecule has 0 radical (unpaired) electrons. The fraction of sp³-hybridized carbons (Fsp3) is 0.182. The van der Waals surface area contributed by atoms with Gasteiger partial charge < -0.3 is 4.74 Å². The number of rotatable bonds is 6. The van der Waals surface area contributed by atoms with Gasteiger partial charge in [-0.2, -0.15) is 0 Å². The van der Waals surface area contributed by atoms with E-state index in [1.807, 2.05) is 25.1 Å². The molecule has 0 N–H and O–H groups in total. The van der Waals surface area contributed by atoms with Gasteiger partial charge in [-0.05, 0) is 61.4 Å². The minimum absolute atomic E-state index is 0.0842. The van der Waals surface area contributed by atoms with E-state index >= 15 is 0 Å². The third kappa shape index (κ3) is 4.17. The molecule has 6 heteroatoms. The van der Waals surface area contributed by atoms with Crippen LogP contribution < -0.4 is 9.04 Å². The van der Waals surface area contributed by atoms with Crippen LogP contribution in [0.25, 0.3) is 0 Å². The highest BCUT2D eigenvalue weighted by Gasteiger charge is 2.26. The van der Waals surface area contributed by atoms with Crippen LogP contribution in [0.3, 0.4) is 0 Å². The highest BCUT2D eigenvalue weighted by atomic mass is 32.2. The van der Waals surface area contributed by atoms with Gasteiger partial charge in [-0.25, -0.2) is 12.8 Å². The lowest BCUT2D eigenvalue weighted by molar-refractivity contribution is 0.414. The van der Waals surface area contributed by atoms with E-state index in [1.54, 1.807) is 44.4 Å². The molecule has 146 valence electrons. The first-order valence-electron chi connectivity index (χ1n) is 8.80. The van der Waals surface area contributed by atoms with Crippen molar-refractivity contribution < 1.29 is 17.5 Å². The van der Waals surface area contributed by atoms with Crippen molar-refractivity contribution in [1.29, 1.82) is 0 Å². The smallest absolute Gasteiger partial charge is 0.264 e. The van der Waals surface area contributed by atoms with Gasteiger partial charge in [0.15, 0.2) is 0 Å². The zero-order valence-electron chi connectivity index (χ0n) is 16.0. The van der Waals surface area contributed by atoms with Crippen LogP contribution in [0.5, 0.6) is 5.75 Å². The summed E-state index contributed by atoms with van der Waals surface area (Å²) < 4.78 is 47.3. The Balaban J connectivity index is 2.09. The first kappa shape index (κ1) is 19.9.